The highest BCUT2D eigenvalue weighted by molar-refractivity contribution is 7.91. The smallest absolute Gasteiger partial charge is 0.341 e. The topological polar surface area (TPSA) is 72.2 Å². The van der Waals surface area contributed by atoms with E-state index < -0.39 is 20.5 Å². The number of halogens is 2. The van der Waals surface area contributed by atoms with Crippen molar-refractivity contribution in [2.24, 2.45) is 0 Å². The Kier molecular flexibility index (Phi) is 4.03. The van der Waals surface area contributed by atoms with Gasteiger partial charge in [0, 0.05) is 6.07 Å². The molecule has 1 aromatic carbocycles. The largest absolute Gasteiger partial charge is 0.377 e. The molecule has 0 radical (unpaired) electrons. The zero-order chi connectivity index (χ0) is 14.8. The van der Waals surface area contributed by atoms with E-state index in [1.807, 2.05) is 0 Å². The van der Waals surface area contributed by atoms with Crippen LogP contribution >= 0.6 is 0 Å². The molecule has 1 heterocycles. The van der Waals surface area contributed by atoms with Crippen molar-refractivity contribution >= 4 is 15.5 Å². The van der Waals surface area contributed by atoms with Crippen LogP contribution in [0, 0.1) is 6.92 Å². The van der Waals surface area contributed by atoms with E-state index >= 15 is 0 Å². The first-order chi connectivity index (χ1) is 9.41. The summed E-state index contributed by atoms with van der Waals surface area (Å²) in [7, 11) is -4.65. The molecule has 0 bridgehead atoms. The van der Waals surface area contributed by atoms with E-state index in [1.165, 1.54) is 12.1 Å². The summed E-state index contributed by atoms with van der Waals surface area (Å²) < 4.78 is 53.2. The van der Waals surface area contributed by atoms with Gasteiger partial charge >= 0.3 is 5.76 Å². The van der Waals surface area contributed by atoms with Crippen molar-refractivity contribution in [3.05, 3.63) is 41.8 Å². The fourth-order valence-electron chi connectivity index (χ4n) is 1.64. The van der Waals surface area contributed by atoms with Crippen molar-refractivity contribution in [1.29, 1.82) is 0 Å². The highest BCUT2D eigenvalue weighted by atomic mass is 32.2. The van der Waals surface area contributed by atoms with Crippen LogP contribution in [-0.4, -0.2) is 19.3 Å². The number of hydrogen-bond acceptors (Lipinski definition) is 5. The van der Waals surface area contributed by atoms with Crippen molar-refractivity contribution in [3.63, 3.8) is 0 Å². The standard InChI is InChI=1S/C12H12F2N2O3S/c1-8-6-9(19-16-8)7-15-10-4-2-3-5-11(10)20(17,18)12(13)14/h2-6,12,15H,7H2,1H3. The van der Waals surface area contributed by atoms with E-state index in [-0.39, 0.29) is 12.2 Å². The Morgan fingerprint density at radius 1 is 1.35 bits per heavy atom. The van der Waals surface area contributed by atoms with E-state index in [9.17, 15) is 17.2 Å². The number of aryl methyl sites for hydroxylation is 1. The Hall–Kier alpha value is -1.96. The molecule has 0 aliphatic heterocycles. The van der Waals surface area contributed by atoms with Gasteiger partial charge in [0.1, 0.15) is 0 Å². The minimum Gasteiger partial charge on any atom is -0.377 e. The van der Waals surface area contributed by atoms with Crippen molar-refractivity contribution in [3.8, 4) is 0 Å². The van der Waals surface area contributed by atoms with Crippen LogP contribution in [0.25, 0.3) is 0 Å². The van der Waals surface area contributed by atoms with Crippen LogP contribution < -0.4 is 5.32 Å². The second-order valence-corrected chi connectivity index (χ2v) is 5.98. The van der Waals surface area contributed by atoms with Gasteiger partial charge in [-0.25, -0.2) is 8.42 Å². The molecule has 108 valence electrons. The quantitative estimate of drug-likeness (QED) is 0.919. The van der Waals surface area contributed by atoms with E-state index in [0.717, 1.165) is 6.07 Å². The molecule has 0 atom stereocenters. The summed E-state index contributed by atoms with van der Waals surface area (Å²) in [5, 5.41) is 6.43. The van der Waals surface area contributed by atoms with Gasteiger partial charge in [-0.1, -0.05) is 17.3 Å². The third-order valence-corrected chi connectivity index (χ3v) is 4.00. The lowest BCUT2D eigenvalue weighted by atomic mass is 10.3. The van der Waals surface area contributed by atoms with Crippen LogP contribution in [0.15, 0.2) is 39.8 Å². The maximum absolute atomic E-state index is 12.6. The number of nitrogens with zero attached hydrogens (tertiary/aromatic N) is 1. The summed E-state index contributed by atoms with van der Waals surface area (Å²) in [5.74, 6) is -2.98. The number of anilines is 1. The molecule has 1 aromatic heterocycles. The number of aromatic nitrogens is 1. The number of nitrogens with one attached hydrogen (secondary N) is 1. The lowest BCUT2D eigenvalue weighted by molar-refractivity contribution is 0.235. The monoisotopic (exact) mass is 302 g/mol. The van der Waals surface area contributed by atoms with Gasteiger partial charge in [0.15, 0.2) is 5.76 Å². The van der Waals surface area contributed by atoms with E-state index in [1.54, 1.807) is 19.1 Å². The van der Waals surface area contributed by atoms with Gasteiger partial charge in [0.05, 0.1) is 22.8 Å². The van der Waals surface area contributed by atoms with Gasteiger partial charge in [-0.3, -0.25) is 0 Å². The van der Waals surface area contributed by atoms with Gasteiger partial charge in [-0.2, -0.15) is 8.78 Å². The van der Waals surface area contributed by atoms with Gasteiger partial charge in [-0.15, -0.1) is 0 Å². The number of benzene rings is 1. The average Bonchev–Trinajstić information content (AvgIpc) is 2.82. The van der Waals surface area contributed by atoms with Crippen molar-refractivity contribution in [2.45, 2.75) is 24.1 Å². The molecule has 0 spiro atoms. The molecule has 2 rings (SSSR count). The molecule has 0 unspecified atom stereocenters. The molecular weight excluding hydrogens is 290 g/mol. The second kappa shape index (κ2) is 5.58. The van der Waals surface area contributed by atoms with Crippen LogP contribution in [-0.2, 0) is 16.4 Å². The molecule has 0 aliphatic rings. The molecule has 0 saturated carbocycles. The zero-order valence-corrected chi connectivity index (χ0v) is 11.3. The number of alkyl halides is 2. The van der Waals surface area contributed by atoms with E-state index in [2.05, 4.69) is 10.5 Å². The van der Waals surface area contributed by atoms with Crippen LogP contribution in [0.3, 0.4) is 0 Å². The highest BCUT2D eigenvalue weighted by Crippen LogP contribution is 2.26. The van der Waals surface area contributed by atoms with Crippen molar-refractivity contribution in [1.82, 2.24) is 5.16 Å². The van der Waals surface area contributed by atoms with Crippen LogP contribution in [0.2, 0.25) is 0 Å². The van der Waals surface area contributed by atoms with Crippen LogP contribution in [0.1, 0.15) is 11.5 Å². The molecule has 8 heteroatoms. The molecular formula is C12H12F2N2O3S. The normalized spacial score (nSPS) is 11.8. The maximum atomic E-state index is 12.6. The lowest BCUT2D eigenvalue weighted by Gasteiger charge is -2.10. The van der Waals surface area contributed by atoms with Crippen LogP contribution in [0.4, 0.5) is 14.5 Å². The highest BCUT2D eigenvalue weighted by Gasteiger charge is 2.28. The Labute approximate surface area is 114 Å². The number of sulfone groups is 1. The zero-order valence-electron chi connectivity index (χ0n) is 10.5. The number of hydrogen-bond donors (Lipinski definition) is 1. The number of para-hydroxylation sites is 1. The van der Waals surface area contributed by atoms with Gasteiger partial charge in [0.2, 0.25) is 9.84 Å². The summed E-state index contributed by atoms with van der Waals surface area (Å²) in [6.45, 7) is 1.89. The number of rotatable bonds is 5. The Morgan fingerprint density at radius 2 is 2.05 bits per heavy atom. The van der Waals surface area contributed by atoms with Crippen molar-refractivity contribution < 1.29 is 21.7 Å². The first kappa shape index (κ1) is 14.4. The molecule has 0 fully saturated rings. The third kappa shape index (κ3) is 2.96. The molecule has 5 nitrogen and oxygen atoms in total. The molecule has 20 heavy (non-hydrogen) atoms. The van der Waals surface area contributed by atoms with E-state index in [4.69, 9.17) is 4.52 Å². The summed E-state index contributed by atoms with van der Waals surface area (Å²) in [6, 6.07) is 7.16. The van der Waals surface area contributed by atoms with Gasteiger partial charge in [-0.05, 0) is 19.1 Å². The summed E-state index contributed by atoms with van der Waals surface area (Å²) in [5.41, 5.74) is 0.775. The fraction of sp³-hybridized carbons (Fsp3) is 0.250. The summed E-state index contributed by atoms with van der Waals surface area (Å²) >= 11 is 0. The predicted octanol–water partition coefficient (Wildman–Crippen LogP) is 2.59. The molecule has 0 amide bonds. The van der Waals surface area contributed by atoms with Gasteiger partial charge in [0.25, 0.3) is 0 Å². The maximum Gasteiger partial charge on any atom is 0.341 e. The summed E-state index contributed by atoms with van der Waals surface area (Å²) in [4.78, 5) is -0.439. The second-order valence-electron chi connectivity index (χ2n) is 4.09. The molecule has 0 saturated heterocycles. The Morgan fingerprint density at radius 3 is 2.65 bits per heavy atom. The van der Waals surface area contributed by atoms with Crippen molar-refractivity contribution in [2.75, 3.05) is 5.32 Å². The average molecular weight is 302 g/mol. The lowest BCUT2D eigenvalue weighted by Crippen LogP contribution is -2.14. The SMILES string of the molecule is Cc1cc(CNc2ccccc2S(=O)(=O)C(F)F)on1. The first-order valence-electron chi connectivity index (χ1n) is 5.68. The first-order valence-corrected chi connectivity index (χ1v) is 7.23. The predicted molar refractivity (Wildman–Crippen MR) is 68.2 cm³/mol. The summed E-state index contributed by atoms with van der Waals surface area (Å²) in [6.07, 6.45) is 0. The Balaban J connectivity index is 2.25. The van der Waals surface area contributed by atoms with Crippen LogP contribution in [0.5, 0.6) is 0 Å². The minimum absolute atomic E-state index is 0.0989. The molecule has 1 N–H and O–H groups in total. The minimum atomic E-state index is -4.65. The third-order valence-electron chi connectivity index (χ3n) is 2.56. The van der Waals surface area contributed by atoms with Gasteiger partial charge < -0.3 is 9.84 Å². The fourth-order valence-corrected chi connectivity index (χ4v) is 2.55. The molecule has 2 aromatic rings. The Bertz CT molecular complexity index is 698. The van der Waals surface area contributed by atoms with E-state index in [0.29, 0.717) is 11.5 Å². The molecule has 0 aliphatic carbocycles.